The number of aromatic hydroxyl groups is 2. The second kappa shape index (κ2) is 8.14. The highest BCUT2D eigenvalue weighted by Gasteiger charge is 2.39. The van der Waals surface area contributed by atoms with Crippen molar-refractivity contribution < 1.29 is 23.8 Å². The van der Waals surface area contributed by atoms with E-state index in [1.807, 2.05) is 53.7 Å². The summed E-state index contributed by atoms with van der Waals surface area (Å²) in [5.41, 5.74) is 1.59. The van der Waals surface area contributed by atoms with Crippen LogP contribution in [0.25, 0.3) is 0 Å². The van der Waals surface area contributed by atoms with E-state index in [0.29, 0.717) is 5.56 Å². The van der Waals surface area contributed by atoms with E-state index in [-0.39, 0.29) is 22.3 Å². The SMILES string of the molecule is COP(=O)(OC)C(c1ccc(O)cc1)c1cc(C(C)(C)C)c(O)c(C(C)(C)C)c1. The van der Waals surface area contributed by atoms with Crippen LogP contribution in [0.5, 0.6) is 11.5 Å². The molecule has 2 aromatic carbocycles. The molecule has 0 aliphatic heterocycles. The van der Waals surface area contributed by atoms with E-state index in [9.17, 15) is 14.8 Å². The van der Waals surface area contributed by atoms with Crippen molar-refractivity contribution in [3.8, 4) is 11.5 Å². The van der Waals surface area contributed by atoms with Gasteiger partial charge in [-0.2, -0.15) is 0 Å². The summed E-state index contributed by atoms with van der Waals surface area (Å²) in [7, 11) is -0.836. The fourth-order valence-electron chi connectivity index (χ4n) is 3.46. The molecule has 0 saturated carbocycles. The molecule has 1 atom stereocenters. The molecule has 0 aliphatic carbocycles. The average Bonchev–Trinajstić information content (AvgIpc) is 2.62. The molecule has 0 radical (unpaired) electrons. The standard InChI is InChI=1S/C23H33O5P/c1-22(2,3)18-13-16(14-19(20(18)25)23(4,5)6)21(29(26,27-7)28-8)15-9-11-17(24)12-10-15/h9-14,21,24-25H,1-8H3. The third-order valence-electron chi connectivity index (χ3n) is 5.10. The van der Waals surface area contributed by atoms with E-state index < -0.39 is 13.3 Å². The monoisotopic (exact) mass is 420 g/mol. The highest BCUT2D eigenvalue weighted by molar-refractivity contribution is 7.54. The van der Waals surface area contributed by atoms with Gasteiger partial charge in [0.05, 0.1) is 0 Å². The minimum Gasteiger partial charge on any atom is -0.508 e. The lowest BCUT2D eigenvalue weighted by Crippen LogP contribution is -2.19. The molecule has 1 unspecified atom stereocenters. The number of phenols is 2. The van der Waals surface area contributed by atoms with Gasteiger partial charge in [-0.25, -0.2) is 0 Å². The molecule has 0 saturated heterocycles. The molecule has 5 nitrogen and oxygen atoms in total. The van der Waals surface area contributed by atoms with Crippen molar-refractivity contribution in [1.82, 2.24) is 0 Å². The molecule has 0 aromatic heterocycles. The van der Waals surface area contributed by atoms with Crippen LogP contribution in [0.4, 0.5) is 0 Å². The first kappa shape index (κ1) is 23.5. The third kappa shape index (κ3) is 4.85. The van der Waals surface area contributed by atoms with Gasteiger partial charge in [0.25, 0.3) is 0 Å². The fraction of sp³-hybridized carbons (Fsp3) is 0.478. The van der Waals surface area contributed by atoms with Crippen LogP contribution in [-0.4, -0.2) is 24.4 Å². The maximum Gasteiger partial charge on any atom is 0.341 e. The second-order valence-electron chi connectivity index (χ2n) is 9.36. The van der Waals surface area contributed by atoms with Gasteiger partial charge in [0.15, 0.2) is 0 Å². The number of hydrogen-bond donors (Lipinski definition) is 2. The van der Waals surface area contributed by atoms with Crippen LogP contribution in [0.15, 0.2) is 36.4 Å². The van der Waals surface area contributed by atoms with Crippen LogP contribution in [-0.2, 0) is 24.4 Å². The Balaban J connectivity index is 2.89. The smallest absolute Gasteiger partial charge is 0.341 e. The van der Waals surface area contributed by atoms with Gasteiger partial charge in [0.1, 0.15) is 17.2 Å². The van der Waals surface area contributed by atoms with Crippen molar-refractivity contribution in [2.24, 2.45) is 0 Å². The van der Waals surface area contributed by atoms with Gasteiger partial charge in [-0.3, -0.25) is 4.57 Å². The van der Waals surface area contributed by atoms with Crippen molar-refractivity contribution in [2.45, 2.75) is 58.0 Å². The molecule has 0 spiro atoms. The van der Waals surface area contributed by atoms with Crippen LogP contribution in [0.3, 0.4) is 0 Å². The normalized spacial score (nSPS) is 14.1. The Morgan fingerprint density at radius 3 is 1.55 bits per heavy atom. The zero-order valence-electron chi connectivity index (χ0n) is 18.6. The van der Waals surface area contributed by atoms with Crippen molar-refractivity contribution in [3.05, 3.63) is 58.7 Å². The average molecular weight is 420 g/mol. The van der Waals surface area contributed by atoms with Gasteiger partial charge in [-0.05, 0) is 45.2 Å². The van der Waals surface area contributed by atoms with E-state index in [1.165, 1.54) is 14.2 Å². The van der Waals surface area contributed by atoms with Crippen molar-refractivity contribution in [3.63, 3.8) is 0 Å². The number of phenolic OH excluding ortho intramolecular Hbond substituents is 2. The molecule has 6 heteroatoms. The van der Waals surface area contributed by atoms with Gasteiger partial charge in [0, 0.05) is 14.2 Å². The van der Waals surface area contributed by atoms with Crippen LogP contribution in [0.1, 0.15) is 69.5 Å². The van der Waals surface area contributed by atoms with Gasteiger partial charge >= 0.3 is 7.60 Å². The molecule has 2 aromatic rings. The maximum absolute atomic E-state index is 13.6. The van der Waals surface area contributed by atoms with Crippen molar-refractivity contribution in [2.75, 3.05) is 14.2 Å². The summed E-state index contributed by atoms with van der Waals surface area (Å²) >= 11 is 0. The fourth-order valence-corrected chi connectivity index (χ4v) is 5.08. The van der Waals surface area contributed by atoms with E-state index in [4.69, 9.17) is 9.05 Å². The van der Waals surface area contributed by atoms with Gasteiger partial charge < -0.3 is 19.3 Å². The topological polar surface area (TPSA) is 76.0 Å². The molecule has 29 heavy (non-hydrogen) atoms. The first-order valence-corrected chi connectivity index (χ1v) is 11.2. The molecule has 0 heterocycles. The summed E-state index contributed by atoms with van der Waals surface area (Å²) in [5.74, 6) is 0.372. The first-order valence-electron chi connectivity index (χ1n) is 9.62. The number of benzene rings is 2. The van der Waals surface area contributed by atoms with Crippen LogP contribution >= 0.6 is 7.60 Å². The first-order chi connectivity index (χ1) is 13.2. The molecular formula is C23H33O5P. The highest BCUT2D eigenvalue weighted by atomic mass is 31.2. The Morgan fingerprint density at radius 2 is 1.21 bits per heavy atom. The van der Waals surface area contributed by atoms with Gasteiger partial charge in [-0.1, -0.05) is 65.8 Å². The Kier molecular flexibility index (Phi) is 6.59. The summed E-state index contributed by atoms with van der Waals surface area (Å²) < 4.78 is 24.3. The van der Waals surface area contributed by atoms with Crippen LogP contribution in [0.2, 0.25) is 0 Å². The predicted molar refractivity (Wildman–Crippen MR) is 117 cm³/mol. The van der Waals surface area contributed by atoms with Gasteiger partial charge in [0.2, 0.25) is 0 Å². The minimum absolute atomic E-state index is 0.119. The number of rotatable bonds is 5. The molecule has 0 bridgehead atoms. The zero-order chi connectivity index (χ0) is 22.2. The molecule has 0 fully saturated rings. The molecule has 2 rings (SSSR count). The van der Waals surface area contributed by atoms with E-state index in [0.717, 1.165) is 16.7 Å². The van der Waals surface area contributed by atoms with E-state index in [1.54, 1.807) is 24.3 Å². The zero-order valence-corrected chi connectivity index (χ0v) is 19.5. The predicted octanol–water partition coefficient (Wildman–Crippen LogP) is 6.27. The molecular weight excluding hydrogens is 387 g/mol. The molecule has 160 valence electrons. The second-order valence-corrected chi connectivity index (χ2v) is 11.7. The molecule has 2 N–H and O–H groups in total. The third-order valence-corrected chi connectivity index (χ3v) is 7.34. The Morgan fingerprint density at radius 1 is 0.793 bits per heavy atom. The summed E-state index contributed by atoms with van der Waals surface area (Å²) in [4.78, 5) is 0. The van der Waals surface area contributed by atoms with Crippen molar-refractivity contribution >= 4 is 7.60 Å². The molecule has 0 aliphatic rings. The lowest BCUT2D eigenvalue weighted by atomic mass is 9.78. The van der Waals surface area contributed by atoms with Gasteiger partial charge in [-0.15, -0.1) is 0 Å². The summed E-state index contributed by atoms with van der Waals surface area (Å²) in [6, 6.07) is 10.3. The largest absolute Gasteiger partial charge is 0.508 e. The Bertz CT molecular complexity index is 861. The Hall–Kier alpha value is -1.81. The maximum atomic E-state index is 13.6. The lowest BCUT2D eigenvalue weighted by Gasteiger charge is -2.31. The quantitative estimate of drug-likeness (QED) is 0.558. The van der Waals surface area contributed by atoms with E-state index in [2.05, 4.69) is 0 Å². The van der Waals surface area contributed by atoms with Crippen LogP contribution < -0.4 is 0 Å². The van der Waals surface area contributed by atoms with Crippen LogP contribution in [0, 0.1) is 0 Å². The minimum atomic E-state index is -3.57. The van der Waals surface area contributed by atoms with E-state index >= 15 is 0 Å². The summed E-state index contributed by atoms with van der Waals surface area (Å²) in [5, 5.41) is 20.7. The highest BCUT2D eigenvalue weighted by Crippen LogP contribution is 2.63. The lowest BCUT2D eigenvalue weighted by molar-refractivity contribution is 0.269. The summed E-state index contributed by atoms with van der Waals surface area (Å²) in [6.07, 6.45) is 0. The number of hydrogen-bond acceptors (Lipinski definition) is 5. The summed E-state index contributed by atoms with van der Waals surface area (Å²) in [6.45, 7) is 12.2. The molecule has 0 amide bonds. The van der Waals surface area contributed by atoms with Crippen molar-refractivity contribution in [1.29, 1.82) is 0 Å². The Labute approximate surface area is 174 Å².